The summed E-state index contributed by atoms with van der Waals surface area (Å²) in [4.78, 5) is 25.0. The summed E-state index contributed by atoms with van der Waals surface area (Å²) in [5.41, 5.74) is 3.23. The molecule has 3 aromatic rings. The Morgan fingerprint density at radius 3 is 3.00 bits per heavy atom. The molecule has 1 fully saturated rings. The maximum Gasteiger partial charge on any atom is 0.405 e. The third-order valence-corrected chi connectivity index (χ3v) is 4.40. The molecule has 25 heavy (non-hydrogen) atoms. The Labute approximate surface area is 139 Å². The number of urea groups is 1. The SMILES string of the molecule is O=C(NCC(F)(F)F)N1CCC(c2cnc3cnc4[nH]ccc4n23)C1. The number of carbonyl (C=O) groups is 1. The van der Waals surface area contributed by atoms with E-state index in [1.165, 1.54) is 4.90 Å². The second-order valence-electron chi connectivity index (χ2n) is 6.05. The smallest absolute Gasteiger partial charge is 0.345 e. The van der Waals surface area contributed by atoms with Gasteiger partial charge in [-0.05, 0) is 12.5 Å². The predicted molar refractivity (Wildman–Crippen MR) is 83.2 cm³/mol. The minimum Gasteiger partial charge on any atom is -0.345 e. The number of hydrogen-bond acceptors (Lipinski definition) is 3. The van der Waals surface area contributed by atoms with Crippen LogP contribution in [0, 0.1) is 0 Å². The molecular formula is C15H15F3N6O. The predicted octanol–water partition coefficient (Wildman–Crippen LogP) is 2.27. The quantitative estimate of drug-likeness (QED) is 0.743. The van der Waals surface area contributed by atoms with E-state index >= 15 is 0 Å². The Morgan fingerprint density at radius 2 is 2.20 bits per heavy atom. The lowest BCUT2D eigenvalue weighted by Crippen LogP contribution is -2.42. The van der Waals surface area contributed by atoms with Gasteiger partial charge in [0.05, 0.1) is 11.7 Å². The van der Waals surface area contributed by atoms with Crippen molar-refractivity contribution in [1.29, 1.82) is 0 Å². The summed E-state index contributed by atoms with van der Waals surface area (Å²) in [7, 11) is 0. The van der Waals surface area contributed by atoms with E-state index in [0.717, 1.165) is 16.9 Å². The lowest BCUT2D eigenvalue weighted by atomic mass is 10.1. The number of hydrogen-bond donors (Lipinski definition) is 2. The molecule has 0 saturated carbocycles. The van der Waals surface area contributed by atoms with E-state index in [9.17, 15) is 18.0 Å². The number of amides is 2. The molecule has 1 saturated heterocycles. The zero-order valence-electron chi connectivity index (χ0n) is 13.0. The molecule has 10 heteroatoms. The molecule has 1 aliphatic heterocycles. The van der Waals surface area contributed by atoms with E-state index in [-0.39, 0.29) is 5.92 Å². The first-order valence-electron chi connectivity index (χ1n) is 7.81. The van der Waals surface area contributed by atoms with Crippen LogP contribution in [-0.2, 0) is 0 Å². The Morgan fingerprint density at radius 1 is 1.36 bits per heavy atom. The Hall–Kier alpha value is -2.78. The summed E-state index contributed by atoms with van der Waals surface area (Å²) in [6.07, 6.45) is 1.44. The Bertz CT molecular complexity index is 930. The minimum absolute atomic E-state index is 0.00661. The molecule has 0 bridgehead atoms. The van der Waals surface area contributed by atoms with E-state index in [4.69, 9.17) is 0 Å². The summed E-state index contributed by atoms with van der Waals surface area (Å²) < 4.78 is 38.7. The molecule has 2 amide bonds. The number of nitrogens with zero attached hydrogens (tertiary/aromatic N) is 4. The fourth-order valence-corrected chi connectivity index (χ4v) is 3.25. The van der Waals surface area contributed by atoms with E-state index < -0.39 is 18.8 Å². The van der Waals surface area contributed by atoms with Gasteiger partial charge in [-0.2, -0.15) is 13.2 Å². The van der Waals surface area contributed by atoms with Gasteiger partial charge in [0.25, 0.3) is 0 Å². The van der Waals surface area contributed by atoms with E-state index in [0.29, 0.717) is 25.2 Å². The van der Waals surface area contributed by atoms with Gasteiger partial charge in [-0.25, -0.2) is 14.8 Å². The van der Waals surface area contributed by atoms with Gasteiger partial charge in [0, 0.05) is 37.1 Å². The molecule has 4 rings (SSSR count). The van der Waals surface area contributed by atoms with Gasteiger partial charge < -0.3 is 15.2 Å². The average Bonchev–Trinajstić information content (AvgIpc) is 3.27. The van der Waals surface area contributed by atoms with Crippen LogP contribution in [0.1, 0.15) is 18.0 Å². The number of aromatic amines is 1. The first kappa shape index (κ1) is 15.7. The van der Waals surface area contributed by atoms with Crippen molar-refractivity contribution in [1.82, 2.24) is 29.6 Å². The average molecular weight is 352 g/mol. The van der Waals surface area contributed by atoms with E-state index in [1.54, 1.807) is 18.6 Å². The zero-order valence-corrected chi connectivity index (χ0v) is 13.0. The first-order valence-corrected chi connectivity index (χ1v) is 7.81. The second-order valence-corrected chi connectivity index (χ2v) is 6.05. The molecular weight excluding hydrogens is 337 g/mol. The molecule has 1 aliphatic rings. The number of H-pyrrole nitrogens is 1. The molecule has 1 atom stereocenters. The molecule has 0 aromatic carbocycles. The highest BCUT2D eigenvalue weighted by atomic mass is 19.4. The summed E-state index contributed by atoms with van der Waals surface area (Å²) in [6, 6.07) is 1.20. The number of halogens is 3. The van der Waals surface area contributed by atoms with Gasteiger partial charge in [0.2, 0.25) is 0 Å². The Balaban J connectivity index is 1.55. The highest BCUT2D eigenvalue weighted by molar-refractivity contribution is 5.76. The van der Waals surface area contributed by atoms with Crippen molar-refractivity contribution < 1.29 is 18.0 Å². The summed E-state index contributed by atoms with van der Waals surface area (Å²) in [5, 5.41) is 1.92. The highest BCUT2D eigenvalue weighted by Crippen LogP contribution is 2.29. The molecule has 4 heterocycles. The normalized spacial score (nSPS) is 18.4. The molecule has 1 unspecified atom stereocenters. The molecule has 3 aromatic heterocycles. The third-order valence-electron chi connectivity index (χ3n) is 4.40. The first-order chi connectivity index (χ1) is 11.9. The molecule has 0 radical (unpaired) electrons. The molecule has 2 N–H and O–H groups in total. The van der Waals surface area contributed by atoms with Crippen LogP contribution in [0.4, 0.5) is 18.0 Å². The second kappa shape index (κ2) is 5.64. The van der Waals surface area contributed by atoms with Crippen LogP contribution in [0.25, 0.3) is 16.8 Å². The van der Waals surface area contributed by atoms with Crippen LogP contribution in [0.3, 0.4) is 0 Å². The number of alkyl halides is 3. The number of rotatable bonds is 2. The number of imidazole rings is 1. The van der Waals surface area contributed by atoms with Crippen LogP contribution in [0.2, 0.25) is 0 Å². The van der Waals surface area contributed by atoms with Gasteiger partial charge in [-0.3, -0.25) is 4.40 Å². The van der Waals surface area contributed by atoms with Crippen molar-refractivity contribution in [2.24, 2.45) is 0 Å². The van der Waals surface area contributed by atoms with Crippen LogP contribution in [0.5, 0.6) is 0 Å². The summed E-state index contributed by atoms with van der Waals surface area (Å²) >= 11 is 0. The zero-order chi connectivity index (χ0) is 17.6. The van der Waals surface area contributed by atoms with Gasteiger partial charge in [-0.1, -0.05) is 0 Å². The molecule has 7 nitrogen and oxygen atoms in total. The summed E-state index contributed by atoms with van der Waals surface area (Å²) in [5.74, 6) is 0.00661. The van der Waals surface area contributed by atoms with Crippen LogP contribution in [0.15, 0.2) is 24.7 Å². The Kier molecular flexibility index (Phi) is 3.55. The van der Waals surface area contributed by atoms with Gasteiger partial charge in [-0.15, -0.1) is 0 Å². The fourth-order valence-electron chi connectivity index (χ4n) is 3.25. The summed E-state index contributed by atoms with van der Waals surface area (Å²) in [6.45, 7) is -0.563. The van der Waals surface area contributed by atoms with Crippen molar-refractivity contribution in [3.8, 4) is 0 Å². The van der Waals surface area contributed by atoms with Crippen molar-refractivity contribution in [2.75, 3.05) is 19.6 Å². The van der Waals surface area contributed by atoms with E-state index in [1.807, 2.05) is 15.8 Å². The lowest BCUT2D eigenvalue weighted by Gasteiger charge is -2.18. The minimum atomic E-state index is -4.41. The van der Waals surface area contributed by atoms with Crippen LogP contribution < -0.4 is 5.32 Å². The van der Waals surface area contributed by atoms with Gasteiger partial charge in [0.1, 0.15) is 6.54 Å². The maximum atomic E-state index is 12.2. The molecule has 0 aliphatic carbocycles. The lowest BCUT2D eigenvalue weighted by molar-refractivity contribution is -0.123. The van der Waals surface area contributed by atoms with Crippen molar-refractivity contribution in [3.05, 3.63) is 30.4 Å². The number of carbonyl (C=O) groups excluding carboxylic acids is 1. The highest BCUT2D eigenvalue weighted by Gasteiger charge is 2.32. The molecule has 132 valence electrons. The fraction of sp³-hybridized carbons (Fsp3) is 0.400. The van der Waals surface area contributed by atoms with Crippen molar-refractivity contribution in [2.45, 2.75) is 18.5 Å². The van der Waals surface area contributed by atoms with Gasteiger partial charge >= 0.3 is 12.2 Å². The number of nitrogens with one attached hydrogen (secondary N) is 2. The number of fused-ring (bicyclic) bond motifs is 3. The maximum absolute atomic E-state index is 12.2. The van der Waals surface area contributed by atoms with Crippen molar-refractivity contribution in [3.63, 3.8) is 0 Å². The van der Waals surface area contributed by atoms with Crippen LogP contribution in [-0.4, -0.2) is 56.1 Å². The monoisotopic (exact) mass is 352 g/mol. The van der Waals surface area contributed by atoms with E-state index in [2.05, 4.69) is 15.0 Å². The number of aromatic nitrogens is 4. The van der Waals surface area contributed by atoms with Crippen molar-refractivity contribution >= 4 is 22.8 Å². The standard InChI is InChI=1S/C15H15F3N6O/c16-15(17,18)8-22-14(25)23-4-2-9(7-23)11-5-20-12-6-21-13-10(24(11)12)1-3-19-13/h1,3,5-6,9,19H,2,4,7-8H2,(H,22,25). The molecule has 0 spiro atoms. The topological polar surface area (TPSA) is 78.3 Å². The van der Waals surface area contributed by atoms with Crippen LogP contribution >= 0.6 is 0 Å². The third kappa shape index (κ3) is 2.87. The largest absolute Gasteiger partial charge is 0.405 e. The number of likely N-dealkylation sites (tertiary alicyclic amines) is 1. The van der Waals surface area contributed by atoms with Gasteiger partial charge in [0.15, 0.2) is 11.3 Å².